The monoisotopic (exact) mass is 710 g/mol. The van der Waals surface area contributed by atoms with Gasteiger partial charge in [0.2, 0.25) is 11.8 Å². The second-order valence-electron chi connectivity index (χ2n) is 13.7. The fourth-order valence-corrected chi connectivity index (χ4v) is 8.57. The molecule has 3 aromatic carbocycles. The molecule has 2 amide bonds. The maximum Gasteiger partial charge on any atom is 0.234 e. The molecule has 0 unspecified atom stereocenters. The molecule has 3 aliphatic heterocycles. The second-order valence-corrected chi connectivity index (χ2v) is 14.6. The van der Waals surface area contributed by atoms with Crippen LogP contribution in [0.4, 0.5) is 0 Å². The number of carbonyl (C=O) groups is 2. The minimum atomic E-state index is -0.379. The third-order valence-electron chi connectivity index (χ3n) is 10.6. The number of benzene rings is 3. The number of para-hydroxylation sites is 1. The average molecular weight is 712 g/mol. The van der Waals surface area contributed by atoms with E-state index in [0.29, 0.717) is 19.6 Å². The average Bonchev–Trinajstić information content (AvgIpc) is 3.63. The summed E-state index contributed by atoms with van der Waals surface area (Å²) in [4.78, 5) is 32.4. The molecule has 7 nitrogen and oxygen atoms in total. The zero-order valence-corrected chi connectivity index (χ0v) is 29.0. The van der Waals surface area contributed by atoms with Crippen LogP contribution in [-0.2, 0) is 20.9 Å². The van der Waals surface area contributed by atoms with Crippen molar-refractivity contribution in [1.82, 2.24) is 9.80 Å². The van der Waals surface area contributed by atoms with E-state index in [1.165, 1.54) is 5.56 Å². The van der Waals surface area contributed by atoms with Crippen LogP contribution in [0.25, 0.3) is 6.08 Å². The third kappa shape index (κ3) is 6.89. The van der Waals surface area contributed by atoms with Gasteiger partial charge in [0.05, 0.1) is 24.5 Å². The molecule has 8 heteroatoms. The Morgan fingerprint density at radius 2 is 1.71 bits per heavy atom. The molecule has 48 heavy (non-hydrogen) atoms. The Morgan fingerprint density at radius 3 is 2.46 bits per heavy atom. The maximum absolute atomic E-state index is 14.2. The maximum atomic E-state index is 14.2. The van der Waals surface area contributed by atoms with Gasteiger partial charge in [0.25, 0.3) is 0 Å². The number of nitrogens with zero attached hydrogens (tertiary/aromatic N) is 2. The molecular weight excluding hydrogens is 668 g/mol. The van der Waals surface area contributed by atoms with Crippen LogP contribution in [0.2, 0.25) is 0 Å². The molecule has 0 saturated carbocycles. The fourth-order valence-electron chi connectivity index (χ4n) is 8.19. The van der Waals surface area contributed by atoms with Crippen molar-refractivity contribution in [2.45, 2.75) is 57.7 Å². The summed E-state index contributed by atoms with van der Waals surface area (Å²) in [6.45, 7) is 5.50. The van der Waals surface area contributed by atoms with Gasteiger partial charge in [-0.3, -0.25) is 19.4 Å². The lowest BCUT2D eigenvalue weighted by atomic mass is 9.69. The number of rotatable bonds is 10. The Bertz CT molecular complexity index is 1700. The number of ether oxygens (including phenoxy) is 2. The van der Waals surface area contributed by atoms with Gasteiger partial charge in [0.15, 0.2) is 0 Å². The van der Waals surface area contributed by atoms with Crippen molar-refractivity contribution in [2.24, 2.45) is 17.8 Å². The Morgan fingerprint density at radius 1 is 0.979 bits per heavy atom. The number of halogens is 1. The number of hydrogen-bond donors (Lipinski definition) is 1. The molecular formula is C40H43BrN2O5. The molecule has 0 radical (unpaired) electrons. The Labute approximate surface area is 291 Å². The number of likely N-dealkylation sites (tertiary alicyclic amines) is 2. The summed E-state index contributed by atoms with van der Waals surface area (Å²) in [5.74, 6) is 0.126. The number of allylic oxidation sites excluding steroid dienone is 1. The molecule has 0 aromatic heterocycles. The van der Waals surface area contributed by atoms with Crippen LogP contribution < -0.4 is 4.74 Å². The third-order valence-corrected chi connectivity index (χ3v) is 11.1. The molecule has 3 saturated heterocycles. The van der Waals surface area contributed by atoms with Crippen LogP contribution in [0.5, 0.6) is 11.5 Å². The minimum absolute atomic E-state index is 0.0116. The molecule has 4 atom stereocenters. The number of fused-ring (bicyclic) bond motifs is 3. The highest BCUT2D eigenvalue weighted by molar-refractivity contribution is 9.10. The van der Waals surface area contributed by atoms with E-state index >= 15 is 0 Å². The normalized spacial score (nSPS) is 25.0. The van der Waals surface area contributed by atoms with Crippen molar-refractivity contribution in [1.29, 1.82) is 0 Å². The Balaban J connectivity index is 1.08. The number of phenols is 1. The highest BCUT2D eigenvalue weighted by atomic mass is 79.9. The fraction of sp³-hybridized carbons (Fsp3) is 0.400. The van der Waals surface area contributed by atoms with E-state index in [1.807, 2.05) is 54.6 Å². The highest BCUT2D eigenvalue weighted by Crippen LogP contribution is 2.50. The first-order valence-corrected chi connectivity index (χ1v) is 17.9. The van der Waals surface area contributed by atoms with E-state index in [9.17, 15) is 14.7 Å². The van der Waals surface area contributed by atoms with E-state index < -0.39 is 0 Å². The molecule has 1 aliphatic carbocycles. The minimum Gasteiger partial charge on any atom is -0.507 e. The molecule has 3 heterocycles. The number of hydrogen-bond acceptors (Lipinski definition) is 6. The van der Waals surface area contributed by atoms with Crippen LogP contribution in [0.15, 0.2) is 100 Å². The van der Waals surface area contributed by atoms with E-state index in [4.69, 9.17) is 9.47 Å². The van der Waals surface area contributed by atoms with Crippen LogP contribution in [0.3, 0.4) is 0 Å². The van der Waals surface area contributed by atoms with Gasteiger partial charge >= 0.3 is 0 Å². The summed E-state index contributed by atoms with van der Waals surface area (Å²) in [7, 11) is 0. The number of amides is 2. The van der Waals surface area contributed by atoms with Crippen LogP contribution >= 0.6 is 15.9 Å². The topological polar surface area (TPSA) is 79.3 Å². The molecule has 1 N–H and O–H groups in total. The van der Waals surface area contributed by atoms with Gasteiger partial charge in [-0.05, 0) is 86.1 Å². The summed E-state index contributed by atoms with van der Waals surface area (Å²) in [6, 6.07) is 25.6. The van der Waals surface area contributed by atoms with E-state index in [1.54, 1.807) is 11.0 Å². The van der Waals surface area contributed by atoms with Crippen molar-refractivity contribution >= 4 is 33.8 Å². The van der Waals surface area contributed by atoms with Crippen LogP contribution in [0, 0.1) is 17.8 Å². The summed E-state index contributed by atoms with van der Waals surface area (Å²) in [5, 5.41) is 10.4. The summed E-state index contributed by atoms with van der Waals surface area (Å²) in [6.07, 6.45) is 5.52. The largest absolute Gasteiger partial charge is 0.507 e. The van der Waals surface area contributed by atoms with Gasteiger partial charge < -0.3 is 14.6 Å². The SMILES string of the molecule is C/C(=C\c1cc(Br)ccc1O)CC[C@H]1OC[C@H]2C1=C(COc1ccccc1)C[C@H]1C(=O)N(C3CCN(Cc4ccccc4)CC3)C(=O)[C@H]12. The van der Waals surface area contributed by atoms with Gasteiger partial charge in [0, 0.05) is 41.6 Å². The number of aromatic hydroxyl groups is 1. The molecule has 0 bridgehead atoms. The molecule has 4 aliphatic rings. The number of imide groups is 1. The van der Waals surface area contributed by atoms with E-state index in [-0.39, 0.29) is 47.5 Å². The lowest BCUT2D eigenvalue weighted by molar-refractivity contribution is -0.144. The van der Waals surface area contributed by atoms with Gasteiger partial charge in [-0.1, -0.05) is 76.1 Å². The van der Waals surface area contributed by atoms with Crippen LogP contribution in [-0.4, -0.2) is 65.2 Å². The summed E-state index contributed by atoms with van der Waals surface area (Å²) < 4.78 is 13.7. The van der Waals surface area contributed by atoms with Gasteiger partial charge in [-0.25, -0.2) is 0 Å². The molecule has 7 rings (SSSR count). The van der Waals surface area contributed by atoms with Gasteiger partial charge in [-0.15, -0.1) is 0 Å². The molecule has 3 aromatic rings. The predicted octanol–water partition coefficient (Wildman–Crippen LogP) is 7.40. The number of phenolic OH excluding ortho intramolecular Hbond substituents is 1. The zero-order valence-electron chi connectivity index (χ0n) is 27.4. The van der Waals surface area contributed by atoms with E-state index in [0.717, 1.165) is 77.8 Å². The lowest BCUT2D eigenvalue weighted by Gasteiger charge is -2.36. The molecule has 3 fully saturated rings. The standard InChI is InChI=1S/C40H43BrN2O5/c1-26(20-28-21-30(41)13-14-35(28)44)12-15-36-37-29(24-47-32-10-6-3-7-11-32)22-33-38(34(37)25-48-36)40(46)43(39(33)45)31-16-18-42(19-17-31)23-27-8-4-2-5-9-27/h2-11,13-14,20-21,31,33-34,36,38,44H,12,15-19,22-25H2,1H3/b26-20+/t33-,34+,36-,38-/m1/s1. The Kier molecular flexibility index (Phi) is 9.85. The zero-order chi connectivity index (χ0) is 33.2. The first-order valence-electron chi connectivity index (χ1n) is 17.2. The molecule has 0 spiro atoms. The van der Waals surface area contributed by atoms with Crippen molar-refractivity contribution in [2.75, 3.05) is 26.3 Å². The van der Waals surface area contributed by atoms with Gasteiger partial charge in [0.1, 0.15) is 18.1 Å². The lowest BCUT2D eigenvalue weighted by Crippen LogP contribution is -2.47. The van der Waals surface area contributed by atoms with Crippen molar-refractivity contribution < 1.29 is 24.2 Å². The summed E-state index contributed by atoms with van der Waals surface area (Å²) in [5.41, 5.74) is 5.44. The smallest absolute Gasteiger partial charge is 0.234 e. The second kappa shape index (κ2) is 14.4. The van der Waals surface area contributed by atoms with Gasteiger partial charge in [-0.2, -0.15) is 0 Å². The Hall–Kier alpha value is -3.72. The first kappa shape index (κ1) is 32.8. The van der Waals surface area contributed by atoms with Crippen molar-refractivity contribution in [3.05, 3.63) is 111 Å². The first-order chi connectivity index (χ1) is 23.4. The summed E-state index contributed by atoms with van der Waals surface area (Å²) >= 11 is 3.50. The quantitative estimate of drug-likeness (QED) is 0.175. The van der Waals surface area contributed by atoms with Crippen LogP contribution in [0.1, 0.15) is 50.2 Å². The van der Waals surface area contributed by atoms with Crippen molar-refractivity contribution in [3.63, 3.8) is 0 Å². The van der Waals surface area contributed by atoms with E-state index in [2.05, 4.69) is 52.0 Å². The highest BCUT2D eigenvalue weighted by Gasteiger charge is 2.58. The molecule has 250 valence electrons. The number of carbonyl (C=O) groups excluding carboxylic acids is 2. The van der Waals surface area contributed by atoms with Crippen molar-refractivity contribution in [3.8, 4) is 11.5 Å². The predicted molar refractivity (Wildman–Crippen MR) is 189 cm³/mol. The number of piperidine rings is 1.